The molecule has 29 heavy (non-hydrogen) atoms. The summed E-state index contributed by atoms with van der Waals surface area (Å²) in [5.41, 5.74) is 0.776. The zero-order valence-corrected chi connectivity index (χ0v) is 16.6. The Bertz CT molecular complexity index is 818. The Labute approximate surface area is 170 Å². The number of carbonyl (C=O) groups excluding carboxylic acids is 1. The molecule has 1 amide bonds. The summed E-state index contributed by atoms with van der Waals surface area (Å²) in [5.74, 6) is -0.316. The van der Waals surface area contributed by atoms with Crippen LogP contribution in [0.5, 0.6) is 0 Å². The molecule has 4 rings (SSSR count). The smallest absolute Gasteiger partial charge is 0.233 e. The molecule has 1 unspecified atom stereocenters. The van der Waals surface area contributed by atoms with Crippen molar-refractivity contribution in [1.82, 2.24) is 9.88 Å². The predicted molar refractivity (Wildman–Crippen MR) is 107 cm³/mol. The number of carbonyl (C=O) groups is 1. The first-order valence-electron chi connectivity index (χ1n) is 10.3. The second kappa shape index (κ2) is 9.01. The molecule has 0 spiro atoms. The van der Waals surface area contributed by atoms with E-state index in [9.17, 15) is 9.18 Å². The Hall–Kier alpha value is -2.31. The highest BCUT2D eigenvalue weighted by Crippen LogP contribution is 2.38. The van der Waals surface area contributed by atoms with Gasteiger partial charge in [0.25, 0.3) is 0 Å². The molecule has 5 nitrogen and oxygen atoms in total. The molecule has 3 heterocycles. The number of pyridine rings is 1. The van der Waals surface area contributed by atoms with Crippen molar-refractivity contribution in [3.05, 3.63) is 65.7 Å². The van der Waals surface area contributed by atoms with E-state index in [1.807, 2.05) is 29.2 Å². The van der Waals surface area contributed by atoms with E-state index in [2.05, 4.69) is 4.98 Å². The van der Waals surface area contributed by atoms with E-state index < -0.39 is 5.41 Å². The van der Waals surface area contributed by atoms with Crippen LogP contribution in [0.25, 0.3) is 0 Å². The Morgan fingerprint density at radius 1 is 1.17 bits per heavy atom. The zero-order valence-electron chi connectivity index (χ0n) is 16.6. The van der Waals surface area contributed by atoms with E-state index >= 15 is 0 Å². The molecule has 0 saturated carbocycles. The SMILES string of the molecule is O=C(N(Cc1ccccn1)CC1CCCO1)C1(c2cccc(F)c2)CCOCC1. The van der Waals surface area contributed by atoms with Gasteiger partial charge >= 0.3 is 0 Å². The maximum absolute atomic E-state index is 14.0. The van der Waals surface area contributed by atoms with Crippen molar-refractivity contribution >= 4 is 5.91 Å². The van der Waals surface area contributed by atoms with Crippen LogP contribution in [0.2, 0.25) is 0 Å². The lowest BCUT2D eigenvalue weighted by Gasteiger charge is -2.40. The number of benzene rings is 1. The molecule has 0 radical (unpaired) electrons. The maximum atomic E-state index is 14.0. The van der Waals surface area contributed by atoms with E-state index in [0.717, 1.165) is 30.7 Å². The van der Waals surface area contributed by atoms with Crippen LogP contribution < -0.4 is 0 Å². The van der Waals surface area contributed by atoms with Gasteiger partial charge in [0.05, 0.1) is 23.8 Å². The van der Waals surface area contributed by atoms with Gasteiger partial charge in [0.2, 0.25) is 5.91 Å². The highest BCUT2D eigenvalue weighted by atomic mass is 19.1. The molecular weight excluding hydrogens is 371 g/mol. The first kappa shape index (κ1) is 20.0. The minimum Gasteiger partial charge on any atom is -0.381 e. The molecule has 2 aliphatic heterocycles. The molecule has 1 aromatic heterocycles. The van der Waals surface area contributed by atoms with Crippen LogP contribution in [-0.2, 0) is 26.2 Å². The first-order chi connectivity index (χ1) is 14.2. The van der Waals surface area contributed by atoms with E-state index in [4.69, 9.17) is 9.47 Å². The van der Waals surface area contributed by atoms with Gasteiger partial charge in [0, 0.05) is 32.6 Å². The predicted octanol–water partition coefficient (Wildman–Crippen LogP) is 3.48. The summed E-state index contributed by atoms with van der Waals surface area (Å²) in [6, 6.07) is 12.2. The largest absolute Gasteiger partial charge is 0.381 e. The third kappa shape index (κ3) is 4.49. The highest BCUT2D eigenvalue weighted by molar-refractivity contribution is 5.88. The highest BCUT2D eigenvalue weighted by Gasteiger charge is 2.44. The van der Waals surface area contributed by atoms with E-state index in [1.165, 1.54) is 12.1 Å². The summed E-state index contributed by atoms with van der Waals surface area (Å²) in [6.07, 6.45) is 4.81. The minimum absolute atomic E-state index is 0.00699. The van der Waals surface area contributed by atoms with Crippen molar-refractivity contribution < 1.29 is 18.7 Å². The number of hydrogen-bond acceptors (Lipinski definition) is 4. The minimum atomic E-state index is -0.784. The van der Waals surface area contributed by atoms with Gasteiger partial charge in [-0.05, 0) is 55.5 Å². The fourth-order valence-electron chi connectivity index (χ4n) is 4.38. The van der Waals surface area contributed by atoms with Crippen LogP contribution in [0, 0.1) is 5.82 Å². The number of nitrogens with zero attached hydrogens (tertiary/aromatic N) is 2. The van der Waals surface area contributed by atoms with Gasteiger partial charge in [0.1, 0.15) is 5.82 Å². The Morgan fingerprint density at radius 2 is 2.03 bits per heavy atom. The van der Waals surface area contributed by atoms with Crippen molar-refractivity contribution in [3.8, 4) is 0 Å². The van der Waals surface area contributed by atoms with Crippen molar-refractivity contribution in [2.24, 2.45) is 0 Å². The summed E-state index contributed by atoms with van der Waals surface area (Å²) in [7, 11) is 0. The molecule has 0 N–H and O–H groups in total. The number of aromatic nitrogens is 1. The van der Waals surface area contributed by atoms with Crippen molar-refractivity contribution in [2.45, 2.75) is 43.7 Å². The van der Waals surface area contributed by atoms with Crippen LogP contribution in [0.1, 0.15) is 36.9 Å². The molecule has 1 aromatic carbocycles. The van der Waals surface area contributed by atoms with Gasteiger partial charge in [-0.25, -0.2) is 4.39 Å². The Kier molecular flexibility index (Phi) is 6.21. The zero-order chi connectivity index (χ0) is 20.1. The lowest BCUT2D eigenvalue weighted by Crippen LogP contribution is -2.51. The summed E-state index contributed by atoms with van der Waals surface area (Å²) >= 11 is 0. The van der Waals surface area contributed by atoms with Gasteiger partial charge in [0.15, 0.2) is 0 Å². The Morgan fingerprint density at radius 3 is 2.72 bits per heavy atom. The van der Waals surface area contributed by atoms with Gasteiger partial charge in [-0.15, -0.1) is 0 Å². The molecule has 2 saturated heterocycles. The second-order valence-corrected chi connectivity index (χ2v) is 7.85. The van der Waals surface area contributed by atoms with Crippen LogP contribution in [0.4, 0.5) is 4.39 Å². The van der Waals surface area contributed by atoms with Crippen molar-refractivity contribution in [1.29, 1.82) is 0 Å². The third-order valence-electron chi connectivity index (χ3n) is 5.95. The number of rotatable bonds is 6. The summed E-state index contributed by atoms with van der Waals surface area (Å²) in [4.78, 5) is 20.3. The summed E-state index contributed by atoms with van der Waals surface area (Å²) < 4.78 is 25.4. The maximum Gasteiger partial charge on any atom is 0.233 e. The molecular formula is C23H27FN2O3. The second-order valence-electron chi connectivity index (χ2n) is 7.85. The number of ether oxygens (including phenoxy) is 2. The molecule has 154 valence electrons. The molecule has 1 atom stereocenters. The number of hydrogen-bond donors (Lipinski definition) is 0. The van der Waals surface area contributed by atoms with Crippen LogP contribution in [0.15, 0.2) is 48.7 Å². The van der Waals surface area contributed by atoms with Gasteiger partial charge in [-0.2, -0.15) is 0 Å². The summed E-state index contributed by atoms with van der Waals surface area (Å²) in [6.45, 7) is 2.64. The Balaban J connectivity index is 1.67. The normalized spacial score (nSPS) is 21.1. The number of amides is 1. The fraction of sp³-hybridized carbons (Fsp3) is 0.478. The van der Waals surface area contributed by atoms with Crippen LogP contribution >= 0.6 is 0 Å². The molecule has 6 heteroatoms. The van der Waals surface area contributed by atoms with E-state index in [-0.39, 0.29) is 17.8 Å². The topological polar surface area (TPSA) is 51.7 Å². The van der Waals surface area contributed by atoms with Gasteiger partial charge in [-0.3, -0.25) is 9.78 Å². The molecule has 2 fully saturated rings. The standard InChI is InChI=1S/C23H27FN2O3/c24-19-6-3-5-18(15-19)23(9-13-28-14-10-23)22(27)26(17-21-8-4-12-29-21)16-20-7-1-2-11-25-20/h1-3,5-7,11,15,21H,4,8-10,12-14,16-17H2. The van der Waals surface area contributed by atoms with E-state index in [1.54, 1.807) is 12.3 Å². The molecule has 2 aliphatic rings. The molecule has 0 bridgehead atoms. The fourth-order valence-corrected chi connectivity index (χ4v) is 4.38. The third-order valence-corrected chi connectivity index (χ3v) is 5.95. The monoisotopic (exact) mass is 398 g/mol. The number of halogens is 1. The lowest BCUT2D eigenvalue weighted by atomic mass is 9.72. The van der Waals surface area contributed by atoms with Crippen LogP contribution in [-0.4, -0.2) is 48.3 Å². The summed E-state index contributed by atoms with van der Waals surface area (Å²) in [5, 5.41) is 0. The van der Waals surface area contributed by atoms with Gasteiger partial charge < -0.3 is 14.4 Å². The van der Waals surface area contributed by atoms with Crippen molar-refractivity contribution in [2.75, 3.05) is 26.4 Å². The molecule has 2 aromatic rings. The van der Waals surface area contributed by atoms with Crippen LogP contribution in [0.3, 0.4) is 0 Å². The quantitative estimate of drug-likeness (QED) is 0.748. The molecule has 0 aliphatic carbocycles. The van der Waals surface area contributed by atoms with E-state index in [0.29, 0.717) is 39.1 Å². The van der Waals surface area contributed by atoms with Crippen molar-refractivity contribution in [3.63, 3.8) is 0 Å². The first-order valence-corrected chi connectivity index (χ1v) is 10.3. The average Bonchev–Trinajstić information content (AvgIpc) is 3.27. The average molecular weight is 398 g/mol. The van der Waals surface area contributed by atoms with Gasteiger partial charge in [-0.1, -0.05) is 18.2 Å². The lowest BCUT2D eigenvalue weighted by molar-refractivity contribution is -0.143.